The van der Waals surface area contributed by atoms with Gasteiger partial charge in [0.2, 0.25) is 0 Å². The molecule has 3 rings (SSSR count). The molecule has 3 fully saturated rings. The van der Waals surface area contributed by atoms with E-state index in [1.165, 1.54) is 57.8 Å². The quantitative estimate of drug-likeness (QED) is 0.333. The average molecular weight is 353 g/mol. The minimum absolute atomic E-state index is 0.0585. The molecule has 0 aromatic carbocycles. The van der Waals surface area contributed by atoms with Crippen LogP contribution in [0.15, 0.2) is 12.7 Å². The Hall–Kier alpha value is -0.410. The minimum atomic E-state index is -0.637. The zero-order valence-electron chi connectivity index (χ0n) is 15.8. The van der Waals surface area contributed by atoms with Gasteiger partial charge < -0.3 is 0 Å². The van der Waals surface area contributed by atoms with Crippen molar-refractivity contribution in [2.24, 2.45) is 29.6 Å². The maximum Gasteiger partial charge on any atom is 0.100 e. The van der Waals surface area contributed by atoms with Crippen molar-refractivity contribution < 1.29 is 14.5 Å². The second-order valence-corrected chi connectivity index (χ2v) is 9.06. The lowest BCUT2D eigenvalue weighted by Crippen LogP contribution is -2.37. The predicted octanol–water partition coefficient (Wildman–Crippen LogP) is 6.56. The molecular formula is C22H37FO2. The van der Waals surface area contributed by atoms with Crippen LogP contribution in [0.5, 0.6) is 0 Å². The summed E-state index contributed by atoms with van der Waals surface area (Å²) in [5.41, 5.74) is 0. The van der Waals surface area contributed by atoms with E-state index in [0.29, 0.717) is 24.7 Å². The van der Waals surface area contributed by atoms with Gasteiger partial charge in [0.1, 0.15) is 6.17 Å². The van der Waals surface area contributed by atoms with Gasteiger partial charge >= 0.3 is 0 Å². The van der Waals surface area contributed by atoms with Crippen LogP contribution in [0.2, 0.25) is 0 Å². The third kappa shape index (κ3) is 5.07. The minimum Gasteiger partial charge on any atom is -0.252 e. The van der Waals surface area contributed by atoms with Crippen LogP contribution in [-0.4, -0.2) is 17.5 Å². The van der Waals surface area contributed by atoms with Gasteiger partial charge in [-0.25, -0.2) is 9.28 Å². The standard InChI is InChI=1S/C22H37FO2/c1-2-3-16-4-6-17(7-5-16)18-8-10-19(11-9-18)22(25-24)20-12-14-21(23)15-13-20/h2,16-22,24H,1,3-15H2. The highest BCUT2D eigenvalue weighted by Crippen LogP contribution is 2.44. The maximum absolute atomic E-state index is 13.4. The van der Waals surface area contributed by atoms with E-state index < -0.39 is 6.17 Å². The van der Waals surface area contributed by atoms with Crippen LogP contribution in [-0.2, 0) is 4.89 Å². The van der Waals surface area contributed by atoms with Crippen LogP contribution in [0.3, 0.4) is 0 Å². The van der Waals surface area contributed by atoms with Crippen LogP contribution >= 0.6 is 0 Å². The van der Waals surface area contributed by atoms with Crippen molar-refractivity contribution in [2.75, 3.05) is 0 Å². The molecule has 3 aliphatic carbocycles. The molecule has 1 N–H and O–H groups in total. The molecule has 3 saturated carbocycles. The molecule has 1 unspecified atom stereocenters. The van der Waals surface area contributed by atoms with Crippen molar-refractivity contribution in [3.8, 4) is 0 Å². The molecule has 0 amide bonds. The van der Waals surface area contributed by atoms with E-state index in [1.807, 2.05) is 0 Å². The van der Waals surface area contributed by atoms with Gasteiger partial charge in [-0.05, 0) is 113 Å². The van der Waals surface area contributed by atoms with E-state index in [0.717, 1.165) is 30.6 Å². The predicted molar refractivity (Wildman–Crippen MR) is 100 cm³/mol. The second kappa shape index (κ2) is 9.50. The largest absolute Gasteiger partial charge is 0.252 e. The summed E-state index contributed by atoms with van der Waals surface area (Å²) < 4.78 is 13.4. The van der Waals surface area contributed by atoms with Gasteiger partial charge in [-0.15, -0.1) is 6.58 Å². The molecule has 0 aromatic rings. The first kappa shape index (κ1) is 19.4. The van der Waals surface area contributed by atoms with Crippen molar-refractivity contribution >= 4 is 0 Å². The monoisotopic (exact) mass is 352 g/mol. The molecule has 25 heavy (non-hydrogen) atoms. The lowest BCUT2D eigenvalue weighted by Gasteiger charge is -2.41. The summed E-state index contributed by atoms with van der Waals surface area (Å²) in [6.07, 6.45) is 16.1. The highest BCUT2D eigenvalue weighted by atomic mass is 19.1. The Labute approximate surface area is 153 Å². The molecule has 0 aliphatic heterocycles. The van der Waals surface area contributed by atoms with Crippen LogP contribution < -0.4 is 0 Å². The first-order valence-electron chi connectivity index (χ1n) is 10.8. The van der Waals surface area contributed by atoms with E-state index in [1.54, 1.807) is 0 Å². The van der Waals surface area contributed by atoms with Crippen molar-refractivity contribution in [3.05, 3.63) is 12.7 Å². The number of halogens is 1. The molecule has 0 spiro atoms. The molecule has 0 heterocycles. The molecule has 3 aliphatic rings. The van der Waals surface area contributed by atoms with Gasteiger partial charge in [0.15, 0.2) is 0 Å². The normalized spacial score (nSPS) is 41.2. The molecule has 0 aromatic heterocycles. The number of alkyl halides is 1. The summed E-state index contributed by atoms with van der Waals surface area (Å²) >= 11 is 0. The fourth-order valence-corrected chi connectivity index (χ4v) is 6.04. The Morgan fingerprint density at radius 2 is 1.32 bits per heavy atom. The van der Waals surface area contributed by atoms with E-state index in [2.05, 4.69) is 12.7 Å². The first-order chi connectivity index (χ1) is 12.2. The van der Waals surface area contributed by atoms with Gasteiger partial charge in [0, 0.05) is 0 Å². The van der Waals surface area contributed by atoms with Gasteiger partial charge in [0.25, 0.3) is 0 Å². The van der Waals surface area contributed by atoms with Crippen molar-refractivity contribution in [3.63, 3.8) is 0 Å². The van der Waals surface area contributed by atoms with Crippen LogP contribution in [0.4, 0.5) is 4.39 Å². The molecule has 0 saturated heterocycles. The molecule has 144 valence electrons. The van der Waals surface area contributed by atoms with Gasteiger partial charge in [-0.2, -0.15) is 0 Å². The highest BCUT2D eigenvalue weighted by Gasteiger charge is 2.38. The first-order valence-corrected chi connectivity index (χ1v) is 10.8. The molecule has 2 nitrogen and oxygen atoms in total. The third-order valence-corrected chi connectivity index (χ3v) is 7.63. The fourth-order valence-electron chi connectivity index (χ4n) is 6.04. The van der Waals surface area contributed by atoms with Crippen LogP contribution in [0.25, 0.3) is 0 Å². The second-order valence-electron chi connectivity index (χ2n) is 9.06. The van der Waals surface area contributed by atoms with E-state index in [9.17, 15) is 9.65 Å². The lowest BCUT2D eigenvalue weighted by atomic mass is 9.66. The van der Waals surface area contributed by atoms with Crippen molar-refractivity contribution in [1.29, 1.82) is 0 Å². The van der Waals surface area contributed by atoms with E-state index >= 15 is 0 Å². The maximum atomic E-state index is 13.4. The number of hydrogen-bond acceptors (Lipinski definition) is 2. The van der Waals surface area contributed by atoms with Crippen LogP contribution in [0.1, 0.15) is 83.5 Å². The van der Waals surface area contributed by atoms with Crippen molar-refractivity contribution in [1.82, 2.24) is 0 Å². The average Bonchev–Trinajstić information content (AvgIpc) is 2.65. The topological polar surface area (TPSA) is 29.5 Å². The molecule has 0 radical (unpaired) electrons. The molecule has 3 heteroatoms. The summed E-state index contributed by atoms with van der Waals surface area (Å²) in [5, 5.41) is 9.49. The Morgan fingerprint density at radius 3 is 1.80 bits per heavy atom. The number of allylic oxidation sites excluding steroid dienone is 1. The smallest absolute Gasteiger partial charge is 0.100 e. The summed E-state index contributed by atoms with van der Waals surface area (Å²) in [6, 6.07) is 0. The van der Waals surface area contributed by atoms with Crippen LogP contribution in [0, 0.1) is 29.6 Å². The zero-order chi connectivity index (χ0) is 17.6. The summed E-state index contributed by atoms with van der Waals surface area (Å²) in [7, 11) is 0. The number of rotatable bonds is 6. The SMILES string of the molecule is C=CCC1CCC(C2CCC(C(OO)C3CCC(F)CC3)CC2)CC1. The van der Waals surface area contributed by atoms with Gasteiger partial charge in [0.05, 0.1) is 6.10 Å². The third-order valence-electron chi connectivity index (χ3n) is 7.63. The van der Waals surface area contributed by atoms with E-state index in [4.69, 9.17) is 4.89 Å². The highest BCUT2D eigenvalue weighted by molar-refractivity contribution is 4.88. The lowest BCUT2D eigenvalue weighted by molar-refractivity contribution is -0.307. The molecular weight excluding hydrogens is 315 g/mol. The Morgan fingerprint density at radius 1 is 0.840 bits per heavy atom. The number of hydrogen-bond donors (Lipinski definition) is 1. The summed E-state index contributed by atoms with van der Waals surface area (Å²) in [6.45, 7) is 3.89. The zero-order valence-corrected chi connectivity index (χ0v) is 15.8. The van der Waals surface area contributed by atoms with E-state index in [-0.39, 0.29) is 6.10 Å². The summed E-state index contributed by atoms with van der Waals surface area (Å²) in [5.74, 6) is 3.50. The fraction of sp³-hybridized carbons (Fsp3) is 0.909. The Balaban J connectivity index is 1.44. The summed E-state index contributed by atoms with van der Waals surface area (Å²) in [4.78, 5) is 4.95. The van der Waals surface area contributed by atoms with Crippen molar-refractivity contribution in [2.45, 2.75) is 95.7 Å². The Bertz CT molecular complexity index is 389. The van der Waals surface area contributed by atoms with Gasteiger partial charge in [-0.1, -0.05) is 6.08 Å². The molecule has 0 bridgehead atoms. The molecule has 1 atom stereocenters. The Kier molecular flexibility index (Phi) is 7.36. The van der Waals surface area contributed by atoms with Gasteiger partial charge in [-0.3, -0.25) is 5.26 Å².